The molecule has 0 radical (unpaired) electrons. The van der Waals surface area contributed by atoms with Gasteiger partial charge in [0.1, 0.15) is 11.5 Å². The Labute approximate surface area is 144 Å². The Hall–Kier alpha value is -1.73. The third kappa shape index (κ3) is 4.21. The Morgan fingerprint density at radius 1 is 0.750 bits per heavy atom. The summed E-state index contributed by atoms with van der Waals surface area (Å²) in [6.45, 7) is 4.04. The highest BCUT2D eigenvalue weighted by atomic mass is 31.2. The lowest BCUT2D eigenvalue weighted by molar-refractivity contribution is 0.349. The van der Waals surface area contributed by atoms with Crippen LogP contribution < -0.4 is 9.05 Å². The molecule has 0 spiro atoms. The molecular weight excluding hydrogens is 319 g/mol. The number of rotatable bonds is 5. The molecule has 0 unspecified atom stereocenters. The second-order valence-electron chi connectivity index (χ2n) is 6.64. The minimum atomic E-state index is -3.27. The molecule has 4 heteroatoms. The van der Waals surface area contributed by atoms with E-state index in [1.54, 1.807) is 0 Å². The Kier molecular flexibility index (Phi) is 5.30. The van der Waals surface area contributed by atoms with Gasteiger partial charge in [0.25, 0.3) is 0 Å². The van der Waals surface area contributed by atoms with Crippen molar-refractivity contribution in [2.75, 3.05) is 0 Å². The molecule has 3 nitrogen and oxygen atoms in total. The van der Waals surface area contributed by atoms with E-state index in [0.29, 0.717) is 11.5 Å². The van der Waals surface area contributed by atoms with Crippen LogP contribution in [0.4, 0.5) is 0 Å². The standard InChI is InChI=1S/C20H25O3P/c1-16-8-12-18(13-9-16)22-24(21,20-6-4-3-5-7-20)23-19-14-10-17(2)11-15-19/h8-15,20H,3-7H2,1-2H3. The van der Waals surface area contributed by atoms with E-state index in [-0.39, 0.29) is 5.66 Å². The summed E-state index contributed by atoms with van der Waals surface area (Å²) in [4.78, 5) is 0. The first-order valence-electron chi connectivity index (χ1n) is 8.67. The van der Waals surface area contributed by atoms with Crippen molar-refractivity contribution < 1.29 is 13.6 Å². The van der Waals surface area contributed by atoms with Crippen LogP contribution in [-0.4, -0.2) is 5.66 Å². The molecule has 3 rings (SSSR count). The van der Waals surface area contributed by atoms with Gasteiger partial charge in [-0.2, -0.15) is 0 Å². The lowest BCUT2D eigenvalue weighted by Gasteiger charge is -2.29. The number of aryl methyl sites for hydroxylation is 2. The van der Waals surface area contributed by atoms with Gasteiger partial charge in [-0.05, 0) is 51.0 Å². The molecule has 0 bridgehead atoms. The van der Waals surface area contributed by atoms with Crippen molar-refractivity contribution >= 4 is 7.60 Å². The molecule has 128 valence electrons. The van der Waals surface area contributed by atoms with Crippen LogP contribution in [0.3, 0.4) is 0 Å². The molecule has 2 aromatic rings. The molecule has 1 saturated carbocycles. The summed E-state index contributed by atoms with van der Waals surface area (Å²) in [7, 11) is -3.27. The summed E-state index contributed by atoms with van der Waals surface area (Å²) in [5, 5.41) is 0. The maximum absolute atomic E-state index is 13.6. The summed E-state index contributed by atoms with van der Waals surface area (Å²) in [5.41, 5.74) is 2.26. The fourth-order valence-electron chi connectivity index (χ4n) is 3.06. The van der Waals surface area contributed by atoms with Gasteiger partial charge in [0.2, 0.25) is 0 Å². The van der Waals surface area contributed by atoms with Gasteiger partial charge in [-0.1, -0.05) is 54.7 Å². The highest BCUT2D eigenvalue weighted by Crippen LogP contribution is 2.56. The lowest BCUT2D eigenvalue weighted by atomic mass is 10.0. The molecule has 24 heavy (non-hydrogen) atoms. The molecule has 0 heterocycles. The van der Waals surface area contributed by atoms with Crippen LogP contribution in [0.1, 0.15) is 43.2 Å². The van der Waals surface area contributed by atoms with Gasteiger partial charge in [0.05, 0.1) is 5.66 Å². The number of hydrogen-bond acceptors (Lipinski definition) is 3. The molecule has 0 aliphatic heterocycles. The van der Waals surface area contributed by atoms with E-state index in [0.717, 1.165) is 36.8 Å². The molecule has 1 aliphatic rings. The summed E-state index contributed by atoms with van der Waals surface area (Å²) >= 11 is 0. The SMILES string of the molecule is Cc1ccc(OP(=O)(Oc2ccc(C)cc2)C2CCCCC2)cc1. The van der Waals surface area contributed by atoms with E-state index < -0.39 is 7.60 Å². The van der Waals surface area contributed by atoms with E-state index >= 15 is 0 Å². The second kappa shape index (κ2) is 7.44. The zero-order valence-electron chi connectivity index (χ0n) is 14.4. The fraction of sp³-hybridized carbons (Fsp3) is 0.400. The summed E-state index contributed by atoms with van der Waals surface area (Å²) in [6.07, 6.45) is 5.17. The average Bonchev–Trinajstić information content (AvgIpc) is 2.60. The van der Waals surface area contributed by atoms with Crippen molar-refractivity contribution in [3.63, 3.8) is 0 Å². The Morgan fingerprint density at radius 3 is 1.58 bits per heavy atom. The number of hydrogen-bond donors (Lipinski definition) is 0. The van der Waals surface area contributed by atoms with E-state index in [9.17, 15) is 4.57 Å². The summed E-state index contributed by atoms with van der Waals surface area (Å²) in [6, 6.07) is 15.3. The zero-order valence-corrected chi connectivity index (χ0v) is 15.3. The minimum Gasteiger partial charge on any atom is -0.416 e. The second-order valence-corrected chi connectivity index (χ2v) is 8.82. The smallest absolute Gasteiger partial charge is 0.416 e. The quantitative estimate of drug-likeness (QED) is 0.598. The van der Waals surface area contributed by atoms with Crippen LogP contribution in [0.5, 0.6) is 11.5 Å². The Morgan fingerprint density at radius 2 is 1.17 bits per heavy atom. The van der Waals surface area contributed by atoms with Gasteiger partial charge in [0, 0.05) is 0 Å². The molecule has 0 N–H and O–H groups in total. The van der Waals surface area contributed by atoms with Crippen molar-refractivity contribution in [2.24, 2.45) is 0 Å². The Bertz CT molecular complexity index is 649. The largest absolute Gasteiger partial charge is 0.433 e. The summed E-state index contributed by atoms with van der Waals surface area (Å²) in [5.74, 6) is 1.23. The molecule has 2 aromatic carbocycles. The maximum atomic E-state index is 13.6. The predicted octanol–water partition coefficient (Wildman–Crippen LogP) is 6.29. The van der Waals surface area contributed by atoms with Crippen molar-refractivity contribution in [1.29, 1.82) is 0 Å². The third-order valence-corrected chi connectivity index (χ3v) is 6.87. The molecule has 0 atom stereocenters. The van der Waals surface area contributed by atoms with Crippen LogP contribution in [0.25, 0.3) is 0 Å². The molecule has 0 aromatic heterocycles. The molecule has 0 saturated heterocycles. The van der Waals surface area contributed by atoms with E-state index in [1.807, 2.05) is 62.4 Å². The van der Waals surface area contributed by atoms with Crippen molar-refractivity contribution in [3.05, 3.63) is 59.7 Å². The fourth-order valence-corrected chi connectivity index (χ4v) is 5.22. The first-order chi connectivity index (χ1) is 11.5. The van der Waals surface area contributed by atoms with Crippen LogP contribution in [0.2, 0.25) is 0 Å². The van der Waals surface area contributed by atoms with Gasteiger partial charge in [-0.3, -0.25) is 0 Å². The van der Waals surface area contributed by atoms with Gasteiger partial charge < -0.3 is 9.05 Å². The zero-order chi connectivity index (χ0) is 17.0. The van der Waals surface area contributed by atoms with Gasteiger partial charge in [0.15, 0.2) is 0 Å². The van der Waals surface area contributed by atoms with Gasteiger partial charge in [-0.15, -0.1) is 0 Å². The predicted molar refractivity (Wildman–Crippen MR) is 98.1 cm³/mol. The van der Waals surface area contributed by atoms with E-state index in [1.165, 1.54) is 6.42 Å². The summed E-state index contributed by atoms with van der Waals surface area (Å²) < 4.78 is 25.6. The van der Waals surface area contributed by atoms with Crippen LogP contribution in [0.15, 0.2) is 48.5 Å². The highest BCUT2D eigenvalue weighted by Gasteiger charge is 2.39. The van der Waals surface area contributed by atoms with E-state index in [4.69, 9.17) is 9.05 Å². The monoisotopic (exact) mass is 344 g/mol. The highest BCUT2D eigenvalue weighted by molar-refractivity contribution is 7.55. The van der Waals surface area contributed by atoms with Crippen LogP contribution in [-0.2, 0) is 4.57 Å². The van der Waals surface area contributed by atoms with E-state index in [2.05, 4.69) is 0 Å². The van der Waals surface area contributed by atoms with Gasteiger partial charge >= 0.3 is 7.60 Å². The van der Waals surface area contributed by atoms with Crippen LogP contribution in [0, 0.1) is 13.8 Å². The number of benzene rings is 2. The van der Waals surface area contributed by atoms with Gasteiger partial charge in [-0.25, -0.2) is 4.57 Å². The normalized spacial score (nSPS) is 15.9. The topological polar surface area (TPSA) is 35.5 Å². The van der Waals surface area contributed by atoms with Crippen molar-refractivity contribution in [2.45, 2.75) is 51.6 Å². The van der Waals surface area contributed by atoms with Crippen molar-refractivity contribution in [3.8, 4) is 11.5 Å². The lowest BCUT2D eigenvalue weighted by Crippen LogP contribution is -2.19. The third-order valence-electron chi connectivity index (χ3n) is 4.53. The van der Waals surface area contributed by atoms with Crippen molar-refractivity contribution in [1.82, 2.24) is 0 Å². The Balaban J connectivity index is 1.85. The van der Waals surface area contributed by atoms with Crippen LogP contribution >= 0.6 is 7.60 Å². The first-order valence-corrected chi connectivity index (χ1v) is 10.3. The molecule has 1 aliphatic carbocycles. The minimum absolute atomic E-state index is 0.0335. The molecular formula is C20H25O3P. The first kappa shape index (κ1) is 17.1. The molecule has 1 fully saturated rings. The average molecular weight is 344 g/mol. The molecule has 0 amide bonds. The maximum Gasteiger partial charge on any atom is 0.433 e.